The van der Waals surface area contributed by atoms with Crippen LogP contribution in [0.1, 0.15) is 19.8 Å². The van der Waals surface area contributed by atoms with E-state index in [0.29, 0.717) is 23.1 Å². The Balaban J connectivity index is 2.77. The molecule has 98 valence electrons. The molecule has 0 aliphatic rings. The van der Waals surface area contributed by atoms with Gasteiger partial charge in [0.05, 0.1) is 18.0 Å². The second kappa shape index (κ2) is 7.19. The predicted octanol–water partition coefficient (Wildman–Crippen LogP) is 1.21. The van der Waals surface area contributed by atoms with Crippen molar-refractivity contribution in [3.05, 3.63) is 21.0 Å². The molecule has 0 amide bonds. The number of anilines is 1. The van der Waals surface area contributed by atoms with Gasteiger partial charge in [-0.3, -0.25) is 4.79 Å². The number of rotatable bonds is 6. The third-order valence-electron chi connectivity index (χ3n) is 2.38. The van der Waals surface area contributed by atoms with Gasteiger partial charge in [-0.2, -0.15) is 5.10 Å². The Hall–Kier alpha value is -1.32. The summed E-state index contributed by atoms with van der Waals surface area (Å²) in [6.45, 7) is 2.52. The summed E-state index contributed by atoms with van der Waals surface area (Å²) in [5.74, 6) is 2.36. The Morgan fingerprint density at radius 2 is 2.44 bits per heavy atom. The molecule has 1 aromatic rings. The number of terminal acetylenes is 1. The first-order chi connectivity index (χ1) is 8.60. The van der Waals surface area contributed by atoms with Gasteiger partial charge in [0, 0.05) is 6.54 Å². The van der Waals surface area contributed by atoms with Gasteiger partial charge in [-0.1, -0.05) is 19.3 Å². The maximum atomic E-state index is 11.8. The minimum absolute atomic E-state index is 0.135. The van der Waals surface area contributed by atoms with Crippen molar-refractivity contribution in [2.45, 2.75) is 32.4 Å². The number of hydrogen-bond acceptors (Lipinski definition) is 4. The fraction of sp³-hybridized carbons (Fsp3) is 0.500. The lowest BCUT2D eigenvalue weighted by Crippen LogP contribution is -2.26. The summed E-state index contributed by atoms with van der Waals surface area (Å²) in [6.07, 6.45) is 7.84. The average molecular weight is 314 g/mol. The normalized spacial score (nSPS) is 11.9. The van der Waals surface area contributed by atoms with E-state index in [1.54, 1.807) is 0 Å². The minimum atomic E-state index is -0.435. The van der Waals surface area contributed by atoms with Crippen molar-refractivity contribution >= 4 is 21.6 Å². The van der Waals surface area contributed by atoms with E-state index in [2.05, 4.69) is 32.3 Å². The number of aliphatic hydroxyl groups excluding tert-OH is 1. The van der Waals surface area contributed by atoms with Gasteiger partial charge in [0.25, 0.3) is 5.56 Å². The van der Waals surface area contributed by atoms with Crippen LogP contribution in [0.2, 0.25) is 0 Å². The van der Waals surface area contributed by atoms with E-state index in [0.717, 1.165) is 6.42 Å². The lowest BCUT2D eigenvalue weighted by molar-refractivity contribution is 0.176. The van der Waals surface area contributed by atoms with E-state index < -0.39 is 6.10 Å². The molecule has 0 bridgehead atoms. The van der Waals surface area contributed by atoms with Crippen LogP contribution < -0.4 is 10.9 Å². The van der Waals surface area contributed by atoms with Crippen molar-refractivity contribution in [1.82, 2.24) is 9.78 Å². The molecule has 1 rings (SSSR count). The number of halogens is 1. The highest BCUT2D eigenvalue weighted by Gasteiger charge is 2.09. The molecule has 0 fully saturated rings. The summed E-state index contributed by atoms with van der Waals surface area (Å²) >= 11 is 3.20. The van der Waals surface area contributed by atoms with Crippen molar-refractivity contribution in [2.75, 3.05) is 11.9 Å². The van der Waals surface area contributed by atoms with Gasteiger partial charge >= 0.3 is 0 Å². The quantitative estimate of drug-likeness (QED) is 0.775. The van der Waals surface area contributed by atoms with E-state index in [9.17, 15) is 9.90 Å². The predicted molar refractivity (Wildman–Crippen MR) is 74.4 cm³/mol. The first kappa shape index (κ1) is 14.7. The standard InChI is InChI=1S/C12H16BrN3O2/c1-3-5-9(17)7-14-10-8-15-16(6-4-2)12(18)11(10)13/h2,8-9,14,17H,3,5-7H2,1H3. The van der Waals surface area contributed by atoms with Gasteiger partial charge in [-0.25, -0.2) is 4.68 Å². The molecule has 1 unspecified atom stereocenters. The van der Waals surface area contributed by atoms with Crippen LogP contribution in [-0.4, -0.2) is 27.5 Å². The number of hydrogen-bond donors (Lipinski definition) is 2. The van der Waals surface area contributed by atoms with Crippen LogP contribution in [0.4, 0.5) is 5.69 Å². The van der Waals surface area contributed by atoms with Crippen LogP contribution in [0.15, 0.2) is 15.5 Å². The van der Waals surface area contributed by atoms with Crippen molar-refractivity contribution in [3.8, 4) is 12.3 Å². The first-order valence-corrected chi connectivity index (χ1v) is 6.50. The Kier molecular flexibility index (Phi) is 5.89. The van der Waals surface area contributed by atoms with Crippen LogP contribution in [0, 0.1) is 12.3 Å². The Labute approximate surface area is 114 Å². The highest BCUT2D eigenvalue weighted by molar-refractivity contribution is 9.10. The zero-order valence-electron chi connectivity index (χ0n) is 10.2. The number of nitrogens with zero attached hydrogens (tertiary/aromatic N) is 2. The monoisotopic (exact) mass is 313 g/mol. The fourth-order valence-electron chi connectivity index (χ4n) is 1.45. The molecule has 2 N–H and O–H groups in total. The maximum absolute atomic E-state index is 11.8. The summed E-state index contributed by atoms with van der Waals surface area (Å²) in [4.78, 5) is 11.8. The van der Waals surface area contributed by atoms with Gasteiger partial charge in [0.1, 0.15) is 11.0 Å². The molecular weight excluding hydrogens is 298 g/mol. The molecule has 0 saturated carbocycles. The molecule has 5 nitrogen and oxygen atoms in total. The third-order valence-corrected chi connectivity index (χ3v) is 3.14. The maximum Gasteiger partial charge on any atom is 0.284 e. The molecule has 0 aromatic carbocycles. The fourth-order valence-corrected chi connectivity index (χ4v) is 1.90. The van der Waals surface area contributed by atoms with Gasteiger partial charge in [-0.05, 0) is 22.4 Å². The molecule has 0 radical (unpaired) electrons. The summed E-state index contributed by atoms with van der Waals surface area (Å²) in [6, 6.07) is 0. The Morgan fingerprint density at radius 1 is 1.72 bits per heavy atom. The second-order valence-corrected chi connectivity index (χ2v) is 4.66. The van der Waals surface area contributed by atoms with Crippen molar-refractivity contribution < 1.29 is 5.11 Å². The van der Waals surface area contributed by atoms with E-state index in [1.165, 1.54) is 10.9 Å². The second-order valence-electron chi connectivity index (χ2n) is 3.86. The largest absolute Gasteiger partial charge is 0.391 e. The minimum Gasteiger partial charge on any atom is -0.391 e. The van der Waals surface area contributed by atoms with E-state index in [-0.39, 0.29) is 12.1 Å². The van der Waals surface area contributed by atoms with Crippen LogP contribution in [0.5, 0.6) is 0 Å². The molecule has 18 heavy (non-hydrogen) atoms. The third kappa shape index (κ3) is 3.86. The number of aromatic nitrogens is 2. The number of aliphatic hydroxyl groups is 1. The average Bonchev–Trinajstić information content (AvgIpc) is 2.35. The number of nitrogens with one attached hydrogen (secondary N) is 1. The van der Waals surface area contributed by atoms with Gasteiger partial charge in [-0.15, -0.1) is 6.42 Å². The smallest absolute Gasteiger partial charge is 0.284 e. The molecule has 1 atom stereocenters. The van der Waals surface area contributed by atoms with Crippen molar-refractivity contribution in [2.24, 2.45) is 0 Å². The van der Waals surface area contributed by atoms with Gasteiger partial charge < -0.3 is 10.4 Å². The van der Waals surface area contributed by atoms with Crippen LogP contribution in [0.3, 0.4) is 0 Å². The molecular formula is C12H16BrN3O2. The highest BCUT2D eigenvalue weighted by Crippen LogP contribution is 2.16. The van der Waals surface area contributed by atoms with E-state index in [4.69, 9.17) is 6.42 Å². The topological polar surface area (TPSA) is 67.2 Å². The lowest BCUT2D eigenvalue weighted by Gasteiger charge is -2.13. The van der Waals surface area contributed by atoms with Gasteiger partial charge in [0.15, 0.2) is 0 Å². The summed E-state index contributed by atoms with van der Waals surface area (Å²) in [5.41, 5.74) is 0.270. The van der Waals surface area contributed by atoms with Gasteiger partial charge in [0.2, 0.25) is 0 Å². The summed E-state index contributed by atoms with van der Waals surface area (Å²) in [5, 5.41) is 16.5. The molecule has 1 heterocycles. The highest BCUT2D eigenvalue weighted by atomic mass is 79.9. The lowest BCUT2D eigenvalue weighted by atomic mass is 10.2. The van der Waals surface area contributed by atoms with Crippen LogP contribution in [-0.2, 0) is 6.54 Å². The van der Waals surface area contributed by atoms with Crippen molar-refractivity contribution in [3.63, 3.8) is 0 Å². The summed E-state index contributed by atoms with van der Waals surface area (Å²) in [7, 11) is 0. The molecule has 0 aliphatic heterocycles. The molecule has 1 aromatic heterocycles. The Morgan fingerprint density at radius 3 is 3.06 bits per heavy atom. The molecule has 6 heteroatoms. The SMILES string of the molecule is C#CCn1ncc(NCC(O)CCC)c(Br)c1=O. The van der Waals surface area contributed by atoms with Crippen LogP contribution in [0.25, 0.3) is 0 Å². The zero-order valence-corrected chi connectivity index (χ0v) is 11.8. The first-order valence-electron chi connectivity index (χ1n) is 5.71. The zero-order chi connectivity index (χ0) is 13.5. The summed E-state index contributed by atoms with van der Waals surface area (Å²) < 4.78 is 1.56. The Bertz CT molecular complexity index is 493. The van der Waals surface area contributed by atoms with E-state index >= 15 is 0 Å². The molecule has 0 aliphatic carbocycles. The van der Waals surface area contributed by atoms with Crippen molar-refractivity contribution in [1.29, 1.82) is 0 Å². The molecule has 0 spiro atoms. The molecule has 0 saturated heterocycles. The van der Waals surface area contributed by atoms with E-state index in [1.807, 2.05) is 6.92 Å². The van der Waals surface area contributed by atoms with Crippen LogP contribution >= 0.6 is 15.9 Å².